The van der Waals surface area contributed by atoms with E-state index in [4.69, 9.17) is 11.6 Å². The van der Waals surface area contributed by atoms with Gasteiger partial charge in [-0.2, -0.15) is 0 Å². The zero-order valence-corrected chi connectivity index (χ0v) is 16.4. The summed E-state index contributed by atoms with van der Waals surface area (Å²) in [5, 5.41) is 9.63. The van der Waals surface area contributed by atoms with Crippen LogP contribution in [-0.2, 0) is 4.79 Å². The Kier molecular flexibility index (Phi) is 8.69. The van der Waals surface area contributed by atoms with Crippen LogP contribution < -0.4 is 16.0 Å². The number of piperidine rings is 1. The smallest absolute Gasteiger partial charge is 0.253 e. The minimum Gasteiger partial charge on any atom is -0.350 e. The lowest BCUT2D eigenvalue weighted by molar-refractivity contribution is -0.125. The Labute approximate surface area is 160 Å². The largest absolute Gasteiger partial charge is 0.350 e. The van der Waals surface area contributed by atoms with Gasteiger partial charge in [0, 0.05) is 12.1 Å². The van der Waals surface area contributed by atoms with Crippen LogP contribution in [0.4, 0.5) is 0 Å². The number of carbonyl (C=O) groups is 2. The second kappa shape index (κ2) is 10.00. The average Bonchev–Trinajstić information content (AvgIpc) is 2.54. The van der Waals surface area contributed by atoms with E-state index < -0.39 is 6.04 Å². The van der Waals surface area contributed by atoms with E-state index in [2.05, 4.69) is 22.9 Å². The normalized spacial score (nSPS) is 21.2. The van der Waals surface area contributed by atoms with Crippen molar-refractivity contribution in [3.8, 4) is 0 Å². The van der Waals surface area contributed by atoms with Crippen molar-refractivity contribution in [3.05, 3.63) is 34.9 Å². The molecule has 5 nitrogen and oxygen atoms in total. The van der Waals surface area contributed by atoms with Gasteiger partial charge in [-0.3, -0.25) is 9.59 Å². The van der Waals surface area contributed by atoms with E-state index in [0.717, 1.165) is 19.4 Å². The molecule has 1 aromatic carbocycles. The highest BCUT2D eigenvalue weighted by molar-refractivity contribution is 6.33. The molecule has 1 fully saturated rings. The van der Waals surface area contributed by atoms with Gasteiger partial charge in [-0.1, -0.05) is 37.6 Å². The van der Waals surface area contributed by atoms with Gasteiger partial charge in [0.05, 0.1) is 10.6 Å². The summed E-state index contributed by atoms with van der Waals surface area (Å²) in [7, 11) is 0. The maximum atomic E-state index is 12.7. The number of nitrogens with one attached hydrogen (secondary N) is 3. The Balaban J connectivity index is 0.00000312. The van der Waals surface area contributed by atoms with Gasteiger partial charge in [-0.15, -0.1) is 12.4 Å². The fourth-order valence-electron chi connectivity index (χ4n) is 2.91. The molecule has 0 saturated carbocycles. The molecular formula is C18H27Cl2N3O2. The van der Waals surface area contributed by atoms with Crippen LogP contribution in [0.2, 0.25) is 5.02 Å². The maximum absolute atomic E-state index is 12.7. The third-order valence-corrected chi connectivity index (χ3v) is 4.77. The molecule has 1 heterocycles. The van der Waals surface area contributed by atoms with Gasteiger partial charge >= 0.3 is 0 Å². The molecule has 7 heteroatoms. The molecule has 25 heavy (non-hydrogen) atoms. The molecular weight excluding hydrogens is 361 g/mol. The first kappa shape index (κ1) is 21.7. The first-order valence-electron chi connectivity index (χ1n) is 8.49. The Bertz CT molecular complexity index is 595. The summed E-state index contributed by atoms with van der Waals surface area (Å²) >= 11 is 6.07. The predicted octanol–water partition coefficient (Wildman–Crippen LogP) is 2.77. The summed E-state index contributed by atoms with van der Waals surface area (Å²) in [6.07, 6.45) is 1.98. The lowest BCUT2D eigenvalue weighted by atomic mass is 9.97. The van der Waals surface area contributed by atoms with Gasteiger partial charge < -0.3 is 16.0 Å². The van der Waals surface area contributed by atoms with Crippen molar-refractivity contribution in [2.45, 2.75) is 51.7 Å². The SMILES string of the molecule is CC(C)C(NC(=O)c1ccccc1Cl)C(=O)NC1CCCNC1C.Cl. The zero-order valence-electron chi connectivity index (χ0n) is 14.8. The number of hydrogen-bond donors (Lipinski definition) is 3. The first-order chi connectivity index (χ1) is 11.4. The molecule has 3 unspecified atom stereocenters. The summed E-state index contributed by atoms with van der Waals surface area (Å²) in [5.41, 5.74) is 0.380. The first-order valence-corrected chi connectivity index (χ1v) is 8.87. The molecule has 1 saturated heterocycles. The zero-order chi connectivity index (χ0) is 17.7. The van der Waals surface area contributed by atoms with Crippen LogP contribution in [0.5, 0.6) is 0 Å². The highest BCUT2D eigenvalue weighted by atomic mass is 35.5. The van der Waals surface area contributed by atoms with Crippen LogP contribution in [0.15, 0.2) is 24.3 Å². The molecule has 1 aliphatic heterocycles. The number of carbonyl (C=O) groups excluding carboxylic acids is 2. The van der Waals surface area contributed by atoms with Crippen molar-refractivity contribution < 1.29 is 9.59 Å². The highest BCUT2D eigenvalue weighted by Gasteiger charge is 2.29. The number of rotatable bonds is 5. The van der Waals surface area contributed by atoms with Crippen LogP contribution in [0.25, 0.3) is 0 Å². The third-order valence-electron chi connectivity index (χ3n) is 4.44. The van der Waals surface area contributed by atoms with E-state index in [9.17, 15) is 9.59 Å². The molecule has 2 amide bonds. The number of amides is 2. The van der Waals surface area contributed by atoms with Crippen LogP contribution >= 0.6 is 24.0 Å². The van der Waals surface area contributed by atoms with Gasteiger partial charge in [0.2, 0.25) is 5.91 Å². The van der Waals surface area contributed by atoms with E-state index in [1.54, 1.807) is 24.3 Å². The van der Waals surface area contributed by atoms with E-state index in [-0.39, 0.29) is 42.2 Å². The van der Waals surface area contributed by atoms with Gasteiger partial charge in [0.25, 0.3) is 5.91 Å². The lowest BCUT2D eigenvalue weighted by Gasteiger charge is -2.32. The van der Waals surface area contributed by atoms with Crippen LogP contribution in [0.3, 0.4) is 0 Å². The summed E-state index contributed by atoms with van der Waals surface area (Å²) in [6.45, 7) is 6.88. The summed E-state index contributed by atoms with van der Waals surface area (Å²) < 4.78 is 0. The minimum atomic E-state index is -0.595. The summed E-state index contributed by atoms with van der Waals surface area (Å²) in [5.74, 6) is -0.501. The number of halogens is 2. The molecule has 0 aromatic heterocycles. The second-order valence-electron chi connectivity index (χ2n) is 6.68. The van der Waals surface area contributed by atoms with Crippen molar-refractivity contribution in [2.75, 3.05) is 6.54 Å². The molecule has 0 bridgehead atoms. The highest BCUT2D eigenvalue weighted by Crippen LogP contribution is 2.16. The minimum absolute atomic E-state index is 0. The summed E-state index contributed by atoms with van der Waals surface area (Å²) in [4.78, 5) is 25.1. The molecule has 0 spiro atoms. The van der Waals surface area contributed by atoms with Crippen molar-refractivity contribution >= 4 is 35.8 Å². The lowest BCUT2D eigenvalue weighted by Crippen LogP contribution is -2.57. The van der Waals surface area contributed by atoms with E-state index in [1.165, 1.54) is 0 Å². The Morgan fingerprint density at radius 2 is 1.96 bits per heavy atom. The molecule has 2 rings (SSSR count). The molecule has 0 aliphatic carbocycles. The predicted molar refractivity (Wildman–Crippen MR) is 103 cm³/mol. The molecule has 3 atom stereocenters. The van der Waals surface area contributed by atoms with Gasteiger partial charge in [0.1, 0.15) is 6.04 Å². The Morgan fingerprint density at radius 3 is 2.56 bits per heavy atom. The Hall–Kier alpha value is -1.30. The molecule has 140 valence electrons. The van der Waals surface area contributed by atoms with E-state index in [0.29, 0.717) is 10.6 Å². The van der Waals surface area contributed by atoms with Crippen molar-refractivity contribution in [1.29, 1.82) is 0 Å². The van der Waals surface area contributed by atoms with Crippen LogP contribution in [0.1, 0.15) is 44.0 Å². The van der Waals surface area contributed by atoms with Crippen LogP contribution in [-0.4, -0.2) is 36.5 Å². The summed E-state index contributed by atoms with van der Waals surface area (Å²) in [6, 6.07) is 6.56. The third kappa shape index (κ3) is 5.87. The molecule has 1 aliphatic rings. The Morgan fingerprint density at radius 1 is 1.28 bits per heavy atom. The molecule has 3 N–H and O–H groups in total. The average molecular weight is 388 g/mol. The van der Waals surface area contributed by atoms with Gasteiger partial charge in [0.15, 0.2) is 0 Å². The number of benzene rings is 1. The maximum Gasteiger partial charge on any atom is 0.253 e. The van der Waals surface area contributed by atoms with E-state index >= 15 is 0 Å². The van der Waals surface area contributed by atoms with Gasteiger partial charge in [-0.25, -0.2) is 0 Å². The van der Waals surface area contributed by atoms with E-state index in [1.807, 2.05) is 13.8 Å². The van der Waals surface area contributed by atoms with Crippen molar-refractivity contribution in [2.24, 2.45) is 5.92 Å². The monoisotopic (exact) mass is 387 g/mol. The standard InChI is InChI=1S/C18H26ClN3O2.ClH/c1-11(2)16(18(24)21-15-9-6-10-20-12(15)3)22-17(23)13-7-4-5-8-14(13)19;/h4-5,7-8,11-12,15-16,20H,6,9-10H2,1-3H3,(H,21,24)(H,22,23);1H. The fourth-order valence-corrected chi connectivity index (χ4v) is 3.13. The van der Waals surface area contributed by atoms with Crippen molar-refractivity contribution in [1.82, 2.24) is 16.0 Å². The van der Waals surface area contributed by atoms with Crippen molar-refractivity contribution in [3.63, 3.8) is 0 Å². The van der Waals surface area contributed by atoms with Gasteiger partial charge in [-0.05, 0) is 44.4 Å². The molecule has 1 aromatic rings. The fraction of sp³-hybridized carbons (Fsp3) is 0.556. The topological polar surface area (TPSA) is 70.2 Å². The van der Waals surface area contributed by atoms with Crippen LogP contribution in [0, 0.1) is 5.92 Å². The second-order valence-corrected chi connectivity index (χ2v) is 7.08. The molecule has 0 radical (unpaired) electrons. The quantitative estimate of drug-likeness (QED) is 0.727. The number of hydrogen-bond acceptors (Lipinski definition) is 3.